The van der Waals surface area contributed by atoms with Gasteiger partial charge in [-0.15, -0.1) is 0 Å². The number of hydrogen-bond acceptors (Lipinski definition) is 1. The quantitative estimate of drug-likeness (QED) is 0.836. The minimum Gasteiger partial charge on any atom is -0.336 e. The minimum atomic E-state index is 0.794. The van der Waals surface area contributed by atoms with Crippen molar-refractivity contribution < 1.29 is 0 Å². The zero-order valence-electron chi connectivity index (χ0n) is 8.74. The Morgan fingerprint density at radius 3 is 2.62 bits per heavy atom. The Morgan fingerprint density at radius 2 is 2.00 bits per heavy atom. The Hall–Kier alpha value is -0.800. The van der Waals surface area contributed by atoms with Crippen LogP contribution in [-0.2, 0) is 13.0 Å². The standard InChI is InChI=1S/C12H12BrClN2/c13-12-8-16(9-15-12)7-1-2-10-3-5-11(14)6-4-10/h3-6,8-9H,1-2,7H2. The molecule has 2 aromatic rings. The summed E-state index contributed by atoms with van der Waals surface area (Å²) in [5, 5.41) is 0.794. The summed E-state index contributed by atoms with van der Waals surface area (Å²) in [6.07, 6.45) is 5.99. The molecule has 1 heterocycles. The number of aryl methyl sites for hydroxylation is 2. The first-order chi connectivity index (χ1) is 7.74. The van der Waals surface area contributed by atoms with E-state index in [1.807, 2.05) is 24.7 Å². The van der Waals surface area contributed by atoms with Gasteiger partial charge in [-0.3, -0.25) is 0 Å². The van der Waals surface area contributed by atoms with Gasteiger partial charge in [-0.05, 0) is 46.5 Å². The summed E-state index contributed by atoms with van der Waals surface area (Å²) in [6.45, 7) is 0.987. The topological polar surface area (TPSA) is 17.8 Å². The lowest BCUT2D eigenvalue weighted by atomic mass is 10.1. The first kappa shape index (κ1) is 11.7. The van der Waals surface area contributed by atoms with Gasteiger partial charge in [0.25, 0.3) is 0 Å². The molecule has 1 aromatic carbocycles. The van der Waals surface area contributed by atoms with Crippen molar-refractivity contribution in [2.75, 3.05) is 0 Å². The first-order valence-corrected chi connectivity index (χ1v) is 6.33. The molecule has 16 heavy (non-hydrogen) atoms. The van der Waals surface area contributed by atoms with Crippen molar-refractivity contribution in [3.05, 3.63) is 52.0 Å². The Morgan fingerprint density at radius 1 is 1.25 bits per heavy atom. The molecule has 0 aliphatic heterocycles. The number of rotatable bonds is 4. The van der Waals surface area contributed by atoms with Crippen molar-refractivity contribution in [3.8, 4) is 0 Å². The summed E-state index contributed by atoms with van der Waals surface area (Å²) < 4.78 is 2.97. The highest BCUT2D eigenvalue weighted by Crippen LogP contribution is 2.12. The molecule has 0 saturated carbocycles. The van der Waals surface area contributed by atoms with Crippen LogP contribution in [0.15, 0.2) is 41.4 Å². The van der Waals surface area contributed by atoms with Crippen LogP contribution >= 0.6 is 27.5 Å². The summed E-state index contributed by atoms with van der Waals surface area (Å²) in [5.41, 5.74) is 1.32. The molecule has 0 bridgehead atoms. The van der Waals surface area contributed by atoms with Crippen LogP contribution < -0.4 is 0 Å². The average Bonchev–Trinajstić information content (AvgIpc) is 2.67. The van der Waals surface area contributed by atoms with Crippen LogP contribution in [0.1, 0.15) is 12.0 Å². The van der Waals surface area contributed by atoms with Crippen molar-refractivity contribution in [2.45, 2.75) is 19.4 Å². The number of aromatic nitrogens is 2. The molecule has 0 aliphatic carbocycles. The Bertz CT molecular complexity index is 450. The molecule has 0 aliphatic rings. The molecule has 84 valence electrons. The second kappa shape index (κ2) is 5.51. The van der Waals surface area contributed by atoms with Gasteiger partial charge >= 0.3 is 0 Å². The molecule has 0 radical (unpaired) electrons. The zero-order valence-corrected chi connectivity index (χ0v) is 11.1. The van der Waals surface area contributed by atoms with Crippen LogP contribution in [0.5, 0.6) is 0 Å². The SMILES string of the molecule is Clc1ccc(CCCn2cnc(Br)c2)cc1. The smallest absolute Gasteiger partial charge is 0.124 e. The van der Waals surface area contributed by atoms with Crippen LogP contribution in [0.25, 0.3) is 0 Å². The fourth-order valence-electron chi connectivity index (χ4n) is 1.57. The van der Waals surface area contributed by atoms with E-state index in [1.165, 1.54) is 5.56 Å². The van der Waals surface area contributed by atoms with E-state index in [-0.39, 0.29) is 0 Å². The van der Waals surface area contributed by atoms with Gasteiger partial charge in [-0.1, -0.05) is 23.7 Å². The second-order valence-electron chi connectivity index (χ2n) is 3.66. The van der Waals surface area contributed by atoms with Gasteiger partial charge in [0, 0.05) is 17.8 Å². The van der Waals surface area contributed by atoms with Gasteiger partial charge in [0.2, 0.25) is 0 Å². The van der Waals surface area contributed by atoms with Crippen LogP contribution in [0, 0.1) is 0 Å². The molecule has 0 atom stereocenters. The van der Waals surface area contributed by atoms with Crippen molar-refractivity contribution in [1.82, 2.24) is 9.55 Å². The third-order valence-electron chi connectivity index (χ3n) is 2.40. The molecule has 0 spiro atoms. The van der Waals surface area contributed by atoms with Gasteiger partial charge < -0.3 is 4.57 Å². The monoisotopic (exact) mass is 298 g/mol. The van der Waals surface area contributed by atoms with Crippen LogP contribution in [0.4, 0.5) is 0 Å². The van der Waals surface area contributed by atoms with E-state index < -0.39 is 0 Å². The van der Waals surface area contributed by atoms with Crippen molar-refractivity contribution in [3.63, 3.8) is 0 Å². The van der Waals surface area contributed by atoms with E-state index in [9.17, 15) is 0 Å². The second-order valence-corrected chi connectivity index (χ2v) is 4.91. The molecule has 0 unspecified atom stereocenters. The molecule has 2 nitrogen and oxygen atoms in total. The Labute approximate surface area is 108 Å². The van der Waals surface area contributed by atoms with Gasteiger partial charge in [-0.25, -0.2) is 4.98 Å². The summed E-state index contributed by atoms with van der Waals surface area (Å²) in [7, 11) is 0. The van der Waals surface area contributed by atoms with Crippen molar-refractivity contribution >= 4 is 27.5 Å². The predicted molar refractivity (Wildman–Crippen MR) is 69.7 cm³/mol. The highest BCUT2D eigenvalue weighted by atomic mass is 79.9. The maximum absolute atomic E-state index is 5.83. The Kier molecular flexibility index (Phi) is 4.02. The molecule has 0 amide bonds. The van der Waals surface area contributed by atoms with Gasteiger partial charge in [0.05, 0.1) is 6.33 Å². The van der Waals surface area contributed by atoms with E-state index in [4.69, 9.17) is 11.6 Å². The maximum atomic E-state index is 5.83. The third kappa shape index (κ3) is 3.35. The van der Waals surface area contributed by atoms with Gasteiger partial charge in [-0.2, -0.15) is 0 Å². The molecular formula is C12H12BrClN2. The van der Waals surface area contributed by atoms with E-state index in [0.717, 1.165) is 29.0 Å². The van der Waals surface area contributed by atoms with E-state index in [1.54, 1.807) is 0 Å². The number of halogens is 2. The van der Waals surface area contributed by atoms with E-state index in [2.05, 4.69) is 37.6 Å². The lowest BCUT2D eigenvalue weighted by Gasteiger charge is -2.02. The van der Waals surface area contributed by atoms with E-state index >= 15 is 0 Å². The normalized spacial score (nSPS) is 10.6. The molecule has 0 fully saturated rings. The third-order valence-corrected chi connectivity index (χ3v) is 3.06. The average molecular weight is 300 g/mol. The molecule has 2 rings (SSSR count). The highest BCUT2D eigenvalue weighted by molar-refractivity contribution is 9.10. The van der Waals surface area contributed by atoms with Crippen LogP contribution in [-0.4, -0.2) is 9.55 Å². The van der Waals surface area contributed by atoms with Crippen molar-refractivity contribution in [1.29, 1.82) is 0 Å². The lowest BCUT2D eigenvalue weighted by Crippen LogP contribution is -1.96. The zero-order chi connectivity index (χ0) is 11.4. The first-order valence-electron chi connectivity index (χ1n) is 5.16. The van der Waals surface area contributed by atoms with Gasteiger partial charge in [0.15, 0.2) is 0 Å². The number of nitrogens with zero attached hydrogens (tertiary/aromatic N) is 2. The lowest BCUT2D eigenvalue weighted by molar-refractivity contribution is 0.642. The highest BCUT2D eigenvalue weighted by Gasteiger charge is 1.96. The molecule has 1 aromatic heterocycles. The largest absolute Gasteiger partial charge is 0.336 e. The number of benzene rings is 1. The summed E-state index contributed by atoms with van der Waals surface area (Å²) in [5.74, 6) is 0. The fourth-order valence-corrected chi connectivity index (χ4v) is 2.05. The molecule has 0 saturated heterocycles. The summed E-state index contributed by atoms with van der Waals surface area (Å²) >= 11 is 9.16. The predicted octanol–water partition coefficient (Wildman–Crippen LogP) is 3.93. The molecular weight excluding hydrogens is 288 g/mol. The van der Waals surface area contributed by atoms with E-state index in [0.29, 0.717) is 0 Å². The maximum Gasteiger partial charge on any atom is 0.124 e. The Balaban J connectivity index is 1.82. The van der Waals surface area contributed by atoms with Crippen LogP contribution in [0.2, 0.25) is 5.02 Å². The van der Waals surface area contributed by atoms with Crippen molar-refractivity contribution in [2.24, 2.45) is 0 Å². The summed E-state index contributed by atoms with van der Waals surface area (Å²) in [4.78, 5) is 4.12. The molecule has 0 N–H and O–H groups in total. The van der Waals surface area contributed by atoms with Gasteiger partial charge in [0.1, 0.15) is 4.60 Å². The fraction of sp³-hybridized carbons (Fsp3) is 0.250. The molecule has 4 heteroatoms. The number of imidazole rings is 1. The van der Waals surface area contributed by atoms with Crippen LogP contribution in [0.3, 0.4) is 0 Å². The number of hydrogen-bond donors (Lipinski definition) is 0. The summed E-state index contributed by atoms with van der Waals surface area (Å²) in [6, 6.07) is 8.02. The minimum absolute atomic E-state index is 0.794.